The first kappa shape index (κ1) is 23.0. The van der Waals surface area contributed by atoms with E-state index in [1.807, 2.05) is 30.3 Å². The van der Waals surface area contributed by atoms with Gasteiger partial charge in [0.25, 0.3) is 5.91 Å². The van der Waals surface area contributed by atoms with E-state index in [9.17, 15) is 18.0 Å². The van der Waals surface area contributed by atoms with Crippen LogP contribution in [-0.4, -0.2) is 43.3 Å². The number of methoxy groups -OCH3 is 1. The van der Waals surface area contributed by atoms with Gasteiger partial charge in [0.1, 0.15) is 5.75 Å². The highest BCUT2D eigenvalue weighted by Crippen LogP contribution is 2.41. The summed E-state index contributed by atoms with van der Waals surface area (Å²) in [6, 6.07) is 12.3. The predicted molar refractivity (Wildman–Crippen MR) is 119 cm³/mol. The van der Waals surface area contributed by atoms with E-state index in [1.54, 1.807) is 6.26 Å². The van der Waals surface area contributed by atoms with Crippen LogP contribution in [0.5, 0.6) is 5.75 Å². The standard InChI is InChI=1S/C24H27F3N2O2S/c1-31-19-13-17(24(25,26)27)14-20(32-2)21(19)22(30)28-23(16-7-4-3-5-8-16)11-10-18-9-6-12-29(18)15-23/h3-5,7-8,13-14,18H,6,9-12,15H2,1-2H3,(H,28,30)/t18?,23-/m0/s1. The summed E-state index contributed by atoms with van der Waals surface area (Å²) in [7, 11) is 1.29. The largest absolute Gasteiger partial charge is 0.496 e. The topological polar surface area (TPSA) is 41.6 Å². The highest BCUT2D eigenvalue weighted by Gasteiger charge is 2.44. The molecule has 1 N–H and O–H groups in total. The number of carbonyl (C=O) groups excluding carboxylic acids is 1. The number of ether oxygens (including phenoxy) is 1. The van der Waals surface area contributed by atoms with Gasteiger partial charge in [-0.05, 0) is 56.2 Å². The normalized spacial score (nSPS) is 23.6. The molecule has 172 valence electrons. The molecule has 0 spiro atoms. The summed E-state index contributed by atoms with van der Waals surface area (Å²) >= 11 is 1.10. The average molecular weight is 465 g/mol. The van der Waals surface area contributed by atoms with Gasteiger partial charge in [0, 0.05) is 17.5 Å². The number of hydrogen-bond acceptors (Lipinski definition) is 4. The molecule has 2 atom stereocenters. The highest BCUT2D eigenvalue weighted by atomic mass is 32.2. The molecule has 0 saturated carbocycles. The summed E-state index contributed by atoms with van der Waals surface area (Å²) < 4.78 is 45.3. The van der Waals surface area contributed by atoms with E-state index in [2.05, 4.69) is 10.2 Å². The van der Waals surface area contributed by atoms with Crippen molar-refractivity contribution in [1.82, 2.24) is 10.2 Å². The van der Waals surface area contributed by atoms with Gasteiger partial charge in [-0.1, -0.05) is 30.3 Å². The number of alkyl halides is 3. The minimum Gasteiger partial charge on any atom is -0.496 e. The number of rotatable bonds is 5. The number of piperidine rings is 1. The van der Waals surface area contributed by atoms with E-state index in [0.29, 0.717) is 12.6 Å². The smallest absolute Gasteiger partial charge is 0.416 e. The Labute approximate surface area is 190 Å². The van der Waals surface area contributed by atoms with Gasteiger partial charge in [0.2, 0.25) is 0 Å². The van der Waals surface area contributed by atoms with Crippen LogP contribution in [0.1, 0.15) is 47.2 Å². The second-order valence-corrected chi connectivity index (χ2v) is 9.31. The lowest BCUT2D eigenvalue weighted by molar-refractivity contribution is -0.137. The Kier molecular flexibility index (Phi) is 6.45. The zero-order chi connectivity index (χ0) is 22.9. The van der Waals surface area contributed by atoms with Crippen LogP contribution >= 0.6 is 11.8 Å². The second kappa shape index (κ2) is 8.98. The van der Waals surface area contributed by atoms with Crippen LogP contribution in [-0.2, 0) is 11.7 Å². The Morgan fingerprint density at radius 2 is 1.97 bits per heavy atom. The summed E-state index contributed by atoms with van der Waals surface area (Å²) in [5.41, 5.74) is -0.282. The molecule has 1 unspecified atom stereocenters. The molecule has 2 saturated heterocycles. The van der Waals surface area contributed by atoms with Gasteiger partial charge in [0.05, 0.1) is 23.8 Å². The summed E-state index contributed by atoms with van der Waals surface area (Å²) in [5.74, 6) is -0.485. The molecular formula is C24H27F3N2O2S. The number of benzene rings is 2. The third-order valence-corrected chi connectivity index (χ3v) is 7.38. The van der Waals surface area contributed by atoms with Gasteiger partial charge < -0.3 is 10.1 Å². The number of fused-ring (bicyclic) bond motifs is 1. The minimum atomic E-state index is -4.52. The molecule has 0 aliphatic carbocycles. The van der Waals surface area contributed by atoms with Crippen LogP contribution < -0.4 is 10.1 Å². The molecule has 4 nitrogen and oxygen atoms in total. The molecule has 8 heteroatoms. The lowest BCUT2D eigenvalue weighted by Gasteiger charge is -2.45. The van der Waals surface area contributed by atoms with Gasteiger partial charge in [-0.15, -0.1) is 11.8 Å². The first-order valence-electron chi connectivity index (χ1n) is 10.7. The first-order chi connectivity index (χ1) is 15.3. The van der Waals surface area contributed by atoms with Crippen molar-refractivity contribution in [2.75, 3.05) is 26.5 Å². The van der Waals surface area contributed by atoms with Crippen LogP contribution in [0.4, 0.5) is 13.2 Å². The number of amides is 1. The number of nitrogens with one attached hydrogen (secondary N) is 1. The quantitative estimate of drug-likeness (QED) is 0.609. The van der Waals surface area contributed by atoms with Crippen molar-refractivity contribution in [3.8, 4) is 5.75 Å². The zero-order valence-corrected chi connectivity index (χ0v) is 19.0. The number of thioether (sulfide) groups is 1. The fourth-order valence-electron chi connectivity index (χ4n) is 5.02. The maximum atomic E-state index is 13.6. The number of halogens is 3. The Hall–Kier alpha value is -2.19. The first-order valence-corrected chi connectivity index (χ1v) is 12.0. The van der Waals surface area contributed by atoms with Crippen molar-refractivity contribution >= 4 is 17.7 Å². The SMILES string of the molecule is COc1cc(C(F)(F)F)cc(SC)c1C(=O)N[C@@]1(c2ccccc2)CCC2CCCN2C1. The summed E-state index contributed by atoms with van der Waals surface area (Å²) in [6.45, 7) is 1.68. The Morgan fingerprint density at radius 3 is 2.62 bits per heavy atom. The maximum absolute atomic E-state index is 13.6. The molecule has 2 aliphatic rings. The van der Waals surface area contributed by atoms with Crippen molar-refractivity contribution in [2.24, 2.45) is 0 Å². The molecule has 2 aromatic rings. The highest BCUT2D eigenvalue weighted by molar-refractivity contribution is 7.98. The predicted octanol–water partition coefficient (Wildman–Crippen LogP) is 5.32. The van der Waals surface area contributed by atoms with Crippen molar-refractivity contribution in [2.45, 2.75) is 48.3 Å². The van der Waals surface area contributed by atoms with E-state index < -0.39 is 23.2 Å². The molecular weight excluding hydrogens is 437 g/mol. The third-order valence-electron chi connectivity index (χ3n) is 6.62. The van der Waals surface area contributed by atoms with Gasteiger partial charge >= 0.3 is 6.18 Å². The second-order valence-electron chi connectivity index (χ2n) is 8.46. The summed E-state index contributed by atoms with van der Waals surface area (Å²) in [6.07, 6.45) is 1.20. The molecule has 32 heavy (non-hydrogen) atoms. The lowest BCUT2D eigenvalue weighted by Crippen LogP contribution is -2.57. The minimum absolute atomic E-state index is 0.0697. The molecule has 2 fully saturated rings. The van der Waals surface area contributed by atoms with Crippen LogP contribution in [0.25, 0.3) is 0 Å². The van der Waals surface area contributed by atoms with E-state index in [1.165, 1.54) is 13.5 Å². The van der Waals surface area contributed by atoms with Crippen LogP contribution in [0.15, 0.2) is 47.4 Å². The average Bonchev–Trinajstić information content (AvgIpc) is 3.25. The summed E-state index contributed by atoms with van der Waals surface area (Å²) in [4.78, 5) is 16.3. The molecule has 4 rings (SSSR count). The zero-order valence-electron chi connectivity index (χ0n) is 18.2. The number of carbonyl (C=O) groups is 1. The van der Waals surface area contributed by atoms with Gasteiger partial charge in [0.15, 0.2) is 0 Å². The van der Waals surface area contributed by atoms with Gasteiger partial charge in [-0.3, -0.25) is 9.69 Å². The Balaban J connectivity index is 1.73. The number of nitrogens with zero attached hydrogens (tertiary/aromatic N) is 1. The Bertz CT molecular complexity index is 958. The van der Waals surface area contributed by atoms with Crippen molar-refractivity contribution in [3.05, 3.63) is 59.2 Å². The van der Waals surface area contributed by atoms with Crippen molar-refractivity contribution in [3.63, 3.8) is 0 Å². The fourth-order valence-corrected chi connectivity index (χ4v) is 5.66. The van der Waals surface area contributed by atoms with Crippen molar-refractivity contribution < 1.29 is 22.7 Å². The van der Waals surface area contributed by atoms with Crippen molar-refractivity contribution in [1.29, 1.82) is 0 Å². The molecule has 0 bridgehead atoms. The third kappa shape index (κ3) is 4.35. The van der Waals surface area contributed by atoms with E-state index in [4.69, 9.17) is 4.74 Å². The molecule has 2 aliphatic heterocycles. The van der Waals surface area contributed by atoms with Crippen LogP contribution in [0.3, 0.4) is 0 Å². The van der Waals surface area contributed by atoms with E-state index in [-0.39, 0.29) is 16.2 Å². The molecule has 1 amide bonds. The van der Waals surface area contributed by atoms with Gasteiger partial charge in [-0.25, -0.2) is 0 Å². The van der Waals surface area contributed by atoms with Crippen LogP contribution in [0.2, 0.25) is 0 Å². The molecule has 0 radical (unpaired) electrons. The number of hydrogen-bond donors (Lipinski definition) is 1. The van der Waals surface area contributed by atoms with E-state index in [0.717, 1.165) is 55.3 Å². The Morgan fingerprint density at radius 1 is 1.22 bits per heavy atom. The fraction of sp³-hybridized carbons (Fsp3) is 0.458. The van der Waals surface area contributed by atoms with Gasteiger partial charge in [-0.2, -0.15) is 13.2 Å². The lowest BCUT2D eigenvalue weighted by atomic mass is 9.80. The molecule has 2 heterocycles. The monoisotopic (exact) mass is 464 g/mol. The van der Waals surface area contributed by atoms with Crippen LogP contribution in [0, 0.1) is 0 Å². The molecule has 2 aromatic carbocycles. The molecule has 0 aromatic heterocycles. The maximum Gasteiger partial charge on any atom is 0.416 e. The summed E-state index contributed by atoms with van der Waals surface area (Å²) in [5, 5.41) is 3.23. The van der Waals surface area contributed by atoms with E-state index >= 15 is 0 Å².